The number of carbonyl (C=O) groups excluding carboxylic acids is 2. The number of nitrogens with zero attached hydrogens (tertiary/aromatic N) is 2. The van der Waals surface area contributed by atoms with E-state index in [1.54, 1.807) is 6.92 Å². The van der Waals surface area contributed by atoms with Crippen LogP contribution < -0.4 is 4.74 Å². The molecule has 0 N–H and O–H groups in total. The zero-order chi connectivity index (χ0) is 18.5. The van der Waals surface area contributed by atoms with Gasteiger partial charge < -0.3 is 14.5 Å². The Bertz CT molecular complexity index is 722. The number of likely N-dealkylation sites (tertiary alicyclic amines) is 2. The van der Waals surface area contributed by atoms with Gasteiger partial charge in [0, 0.05) is 31.0 Å². The van der Waals surface area contributed by atoms with Crippen LogP contribution in [0.2, 0.25) is 0 Å². The molecule has 1 aromatic carbocycles. The Labute approximate surface area is 153 Å². The summed E-state index contributed by atoms with van der Waals surface area (Å²) in [5.41, 5.74) is -0.0294. The van der Waals surface area contributed by atoms with Gasteiger partial charge in [-0.1, -0.05) is 6.92 Å². The molecule has 0 spiro atoms. The van der Waals surface area contributed by atoms with Gasteiger partial charge in [0.15, 0.2) is 6.61 Å². The lowest BCUT2D eigenvalue weighted by Gasteiger charge is -2.49. The van der Waals surface area contributed by atoms with Crippen LogP contribution in [0.15, 0.2) is 24.3 Å². The van der Waals surface area contributed by atoms with Gasteiger partial charge in [0.25, 0.3) is 5.91 Å². The van der Waals surface area contributed by atoms with E-state index < -0.39 is 0 Å². The van der Waals surface area contributed by atoms with E-state index in [1.165, 1.54) is 24.3 Å². The van der Waals surface area contributed by atoms with Gasteiger partial charge in [-0.25, -0.2) is 4.39 Å². The Kier molecular flexibility index (Phi) is 4.16. The van der Waals surface area contributed by atoms with E-state index in [2.05, 4.69) is 6.92 Å². The smallest absolute Gasteiger partial charge is 0.261 e. The number of hydrogen-bond acceptors (Lipinski definition) is 3. The van der Waals surface area contributed by atoms with Crippen LogP contribution in [-0.4, -0.2) is 52.9 Å². The summed E-state index contributed by atoms with van der Waals surface area (Å²) in [4.78, 5) is 29.1. The van der Waals surface area contributed by atoms with Crippen LogP contribution in [0.3, 0.4) is 0 Å². The van der Waals surface area contributed by atoms with Gasteiger partial charge in [0.1, 0.15) is 11.6 Å². The maximum Gasteiger partial charge on any atom is 0.261 e. The fourth-order valence-electron chi connectivity index (χ4n) is 5.47. The number of ether oxygens (including phenoxy) is 1. The van der Waals surface area contributed by atoms with E-state index in [0.29, 0.717) is 12.3 Å². The Hall–Kier alpha value is -2.11. The summed E-state index contributed by atoms with van der Waals surface area (Å²) in [6.07, 6.45) is 3.99. The summed E-state index contributed by atoms with van der Waals surface area (Å²) in [7, 11) is 0. The molecular weight excluding hydrogens is 335 g/mol. The molecule has 2 saturated heterocycles. The molecule has 0 radical (unpaired) electrons. The normalized spacial score (nSPS) is 32.5. The van der Waals surface area contributed by atoms with Crippen molar-refractivity contribution in [2.45, 2.75) is 57.7 Å². The number of rotatable bonds is 3. The molecule has 1 aromatic rings. The molecule has 3 aliphatic rings. The van der Waals surface area contributed by atoms with Crippen LogP contribution in [0.5, 0.6) is 5.75 Å². The lowest BCUT2D eigenvalue weighted by Crippen LogP contribution is -2.57. The second kappa shape index (κ2) is 6.25. The van der Waals surface area contributed by atoms with E-state index in [9.17, 15) is 14.0 Å². The van der Waals surface area contributed by atoms with Crippen LogP contribution >= 0.6 is 0 Å². The summed E-state index contributed by atoms with van der Waals surface area (Å²) in [6.45, 7) is 4.42. The van der Waals surface area contributed by atoms with Crippen molar-refractivity contribution in [3.8, 4) is 5.75 Å². The summed E-state index contributed by atoms with van der Waals surface area (Å²) in [6, 6.07) is 6.15. The first kappa shape index (κ1) is 17.3. The van der Waals surface area contributed by atoms with Gasteiger partial charge in [-0.05, 0) is 49.9 Å². The number of benzene rings is 1. The Balaban J connectivity index is 1.52. The second-order valence-corrected chi connectivity index (χ2v) is 8.04. The molecule has 1 aliphatic carbocycles. The van der Waals surface area contributed by atoms with Crippen LogP contribution in [0.25, 0.3) is 0 Å². The first-order valence-electron chi connectivity index (χ1n) is 9.37. The zero-order valence-electron chi connectivity index (χ0n) is 15.3. The molecule has 4 rings (SSSR count). The van der Waals surface area contributed by atoms with Gasteiger partial charge in [0.2, 0.25) is 5.91 Å². The van der Waals surface area contributed by atoms with E-state index in [4.69, 9.17) is 4.74 Å². The quantitative estimate of drug-likeness (QED) is 0.833. The molecular formula is C20H25FN2O3. The molecule has 4 atom stereocenters. The summed E-state index contributed by atoms with van der Waals surface area (Å²) in [5.74, 6) is 0.213. The Morgan fingerprint density at radius 1 is 1.23 bits per heavy atom. The first-order chi connectivity index (χ1) is 12.4. The molecule has 0 aromatic heterocycles. The minimum absolute atomic E-state index is 0.0294. The average Bonchev–Trinajstić information content (AvgIpc) is 2.90. The van der Waals surface area contributed by atoms with Gasteiger partial charge in [0.05, 0.1) is 6.04 Å². The zero-order valence-corrected chi connectivity index (χ0v) is 15.3. The number of fused-ring (bicyclic) bond motifs is 1. The lowest BCUT2D eigenvalue weighted by atomic mass is 9.66. The number of carbonyl (C=O) groups is 2. The number of piperidine rings is 1. The van der Waals surface area contributed by atoms with Crippen LogP contribution in [0, 0.1) is 11.2 Å². The highest BCUT2D eigenvalue weighted by atomic mass is 19.1. The highest BCUT2D eigenvalue weighted by molar-refractivity contribution is 5.80. The van der Waals surface area contributed by atoms with Crippen molar-refractivity contribution in [2.24, 2.45) is 5.41 Å². The lowest BCUT2D eigenvalue weighted by molar-refractivity contribution is -0.138. The van der Waals surface area contributed by atoms with Crippen molar-refractivity contribution in [2.75, 3.05) is 13.2 Å². The number of hydrogen-bond donors (Lipinski definition) is 0. The molecule has 5 nitrogen and oxygen atoms in total. The van der Waals surface area contributed by atoms with Crippen molar-refractivity contribution >= 4 is 11.8 Å². The molecule has 6 heteroatoms. The molecule has 2 heterocycles. The third kappa shape index (κ3) is 2.66. The predicted molar refractivity (Wildman–Crippen MR) is 94.1 cm³/mol. The minimum Gasteiger partial charge on any atom is -0.484 e. The van der Waals surface area contributed by atoms with E-state index in [-0.39, 0.29) is 47.8 Å². The maximum atomic E-state index is 13.0. The monoisotopic (exact) mass is 360 g/mol. The fourth-order valence-corrected chi connectivity index (χ4v) is 5.47. The van der Waals surface area contributed by atoms with Crippen molar-refractivity contribution in [3.05, 3.63) is 30.1 Å². The number of halogens is 1. The summed E-state index contributed by atoms with van der Waals surface area (Å²) in [5, 5.41) is 0. The molecule has 1 saturated carbocycles. The predicted octanol–water partition coefficient (Wildman–Crippen LogP) is 2.59. The summed E-state index contributed by atoms with van der Waals surface area (Å²) < 4.78 is 18.6. The van der Waals surface area contributed by atoms with Crippen molar-refractivity contribution in [3.63, 3.8) is 0 Å². The van der Waals surface area contributed by atoms with Gasteiger partial charge in [-0.3, -0.25) is 9.59 Å². The van der Waals surface area contributed by atoms with Crippen molar-refractivity contribution < 1.29 is 18.7 Å². The van der Waals surface area contributed by atoms with Crippen LogP contribution in [0.4, 0.5) is 4.39 Å². The molecule has 26 heavy (non-hydrogen) atoms. The van der Waals surface area contributed by atoms with Crippen LogP contribution in [-0.2, 0) is 9.59 Å². The maximum absolute atomic E-state index is 13.0. The average molecular weight is 360 g/mol. The number of amides is 2. The van der Waals surface area contributed by atoms with E-state index >= 15 is 0 Å². The van der Waals surface area contributed by atoms with Gasteiger partial charge in [-0.2, -0.15) is 0 Å². The second-order valence-electron chi connectivity index (χ2n) is 8.04. The molecule has 0 unspecified atom stereocenters. The van der Waals surface area contributed by atoms with Crippen molar-refractivity contribution in [1.82, 2.24) is 9.80 Å². The van der Waals surface area contributed by atoms with E-state index in [0.717, 1.165) is 25.7 Å². The Morgan fingerprint density at radius 3 is 2.62 bits per heavy atom. The largest absolute Gasteiger partial charge is 0.484 e. The van der Waals surface area contributed by atoms with Crippen LogP contribution in [0.1, 0.15) is 39.5 Å². The molecule has 2 aliphatic heterocycles. The third-order valence-electron chi connectivity index (χ3n) is 6.53. The Morgan fingerprint density at radius 2 is 1.92 bits per heavy atom. The minimum atomic E-state index is -0.331. The molecule has 2 bridgehead atoms. The van der Waals surface area contributed by atoms with Crippen molar-refractivity contribution in [1.29, 1.82) is 0 Å². The van der Waals surface area contributed by atoms with E-state index in [1.807, 2.05) is 9.80 Å². The SMILES string of the molecule is CC(=O)N1C[C@@H]2C[C@@]3(C)[C@H](CCC[C@@H]13)N2C(=O)COc1ccc(F)cc1. The standard InChI is InChI=1S/C20H25FN2O3/c1-13(24)22-11-15-10-20(2)17(22)4-3-5-18(20)23(15)19(25)12-26-16-8-6-14(21)7-9-16/h6-9,15,17-18H,3-5,10-12H2,1-2H3/t15-,17+,18-,20+/m0/s1. The highest BCUT2D eigenvalue weighted by Crippen LogP contribution is 2.54. The molecule has 2 amide bonds. The molecule has 140 valence electrons. The topological polar surface area (TPSA) is 49.9 Å². The molecule has 3 fully saturated rings. The third-order valence-corrected chi connectivity index (χ3v) is 6.53. The summed E-state index contributed by atoms with van der Waals surface area (Å²) >= 11 is 0. The van der Waals surface area contributed by atoms with Gasteiger partial charge in [-0.15, -0.1) is 0 Å². The first-order valence-corrected chi connectivity index (χ1v) is 9.37. The van der Waals surface area contributed by atoms with Gasteiger partial charge >= 0.3 is 0 Å². The fraction of sp³-hybridized carbons (Fsp3) is 0.600. The highest BCUT2D eigenvalue weighted by Gasteiger charge is 2.61.